The third-order valence-corrected chi connectivity index (χ3v) is 7.48. The van der Waals surface area contributed by atoms with E-state index in [-0.39, 0.29) is 41.3 Å². The quantitative estimate of drug-likeness (QED) is 0.285. The zero-order chi connectivity index (χ0) is 29.1. The predicted octanol–water partition coefficient (Wildman–Crippen LogP) is 5.86. The van der Waals surface area contributed by atoms with Crippen LogP contribution in [0.15, 0.2) is 30.5 Å². The number of phenols is 1. The smallest absolute Gasteiger partial charge is 0.422 e. The van der Waals surface area contributed by atoms with Gasteiger partial charge < -0.3 is 14.6 Å². The third kappa shape index (κ3) is 4.94. The molecule has 2 aromatic heterocycles. The second-order valence-corrected chi connectivity index (χ2v) is 10.2. The van der Waals surface area contributed by atoms with Crippen LogP contribution in [-0.4, -0.2) is 69.1 Å². The molecular weight excluding hydrogens is 561 g/mol. The van der Waals surface area contributed by atoms with E-state index in [1.165, 1.54) is 6.07 Å². The summed E-state index contributed by atoms with van der Waals surface area (Å²) in [5.41, 5.74) is -2.11. The molecule has 0 bridgehead atoms. The molecule has 14 heteroatoms. The molecule has 2 saturated heterocycles. The average molecular weight is 582 g/mol. The molecule has 216 valence electrons. The van der Waals surface area contributed by atoms with E-state index in [1.807, 2.05) is 4.90 Å². The fourth-order valence-corrected chi connectivity index (χ4v) is 5.74. The Bertz CT molecular complexity index is 1670. The summed E-state index contributed by atoms with van der Waals surface area (Å²) >= 11 is 0. The number of hydrogen-bond donors (Lipinski definition) is 1. The molecule has 0 unspecified atom stereocenters. The average Bonchev–Trinajstić information content (AvgIpc) is 3.43. The van der Waals surface area contributed by atoms with Gasteiger partial charge in [0.1, 0.15) is 29.7 Å². The van der Waals surface area contributed by atoms with Crippen molar-refractivity contribution in [2.24, 2.45) is 0 Å². The highest BCUT2D eigenvalue weighted by Gasteiger charge is 2.49. The normalized spacial score (nSPS) is 21.1. The lowest BCUT2D eigenvalue weighted by atomic mass is 9.95. The minimum atomic E-state index is -4.75. The molecule has 0 saturated carbocycles. The molecule has 2 aliphatic heterocycles. The summed E-state index contributed by atoms with van der Waals surface area (Å²) in [6, 6.07) is 3.63. The van der Waals surface area contributed by atoms with Crippen molar-refractivity contribution in [3.63, 3.8) is 0 Å². The molecule has 0 radical (unpaired) electrons. The Morgan fingerprint density at radius 2 is 1.88 bits per heavy atom. The lowest BCUT2D eigenvalue weighted by Gasteiger charge is -2.30. The molecule has 4 heterocycles. The van der Waals surface area contributed by atoms with Gasteiger partial charge in [-0.2, -0.15) is 23.1 Å². The van der Waals surface area contributed by atoms with Gasteiger partial charge in [0.15, 0.2) is 24.1 Å². The van der Waals surface area contributed by atoms with Crippen molar-refractivity contribution in [3.8, 4) is 28.9 Å². The third-order valence-electron chi connectivity index (χ3n) is 7.48. The van der Waals surface area contributed by atoms with E-state index >= 15 is 4.39 Å². The van der Waals surface area contributed by atoms with Gasteiger partial charge in [-0.1, -0.05) is 6.07 Å². The lowest BCUT2D eigenvalue weighted by Crippen LogP contribution is -2.43. The number of halogens is 7. The summed E-state index contributed by atoms with van der Waals surface area (Å²) in [6.07, 6.45) is -3.29. The molecular formula is C27H21F7N4O3. The minimum absolute atomic E-state index is 0.0456. The summed E-state index contributed by atoms with van der Waals surface area (Å²) in [5.74, 6) is -4.85. The number of aromatic nitrogens is 3. The van der Waals surface area contributed by atoms with Crippen LogP contribution in [0.3, 0.4) is 0 Å². The molecule has 4 aromatic rings. The maximum absolute atomic E-state index is 16.0. The van der Waals surface area contributed by atoms with Crippen molar-refractivity contribution in [3.05, 3.63) is 47.9 Å². The largest absolute Gasteiger partial charge is 0.508 e. The summed E-state index contributed by atoms with van der Waals surface area (Å²) in [5, 5.41) is 9.49. The van der Waals surface area contributed by atoms with Crippen LogP contribution in [0, 0.1) is 17.5 Å². The van der Waals surface area contributed by atoms with E-state index in [2.05, 4.69) is 15.0 Å². The fraction of sp³-hybridized carbons (Fsp3) is 0.370. The van der Waals surface area contributed by atoms with Crippen LogP contribution in [0.4, 0.5) is 30.7 Å². The molecule has 2 aromatic carbocycles. The molecule has 6 rings (SSSR count). The van der Waals surface area contributed by atoms with Crippen molar-refractivity contribution >= 4 is 21.7 Å². The highest BCUT2D eigenvalue weighted by molar-refractivity contribution is 5.99. The van der Waals surface area contributed by atoms with Crippen molar-refractivity contribution in [2.75, 3.05) is 26.3 Å². The Balaban J connectivity index is 1.47. The van der Waals surface area contributed by atoms with Gasteiger partial charge in [0, 0.05) is 30.1 Å². The number of rotatable bonds is 6. The SMILES string of the molecule is Oc1cc(-c2ncc3c(OCC(F)(F)F)nc(OC[C@@]45CCCN4C[C@H](F)C5)nc3c2F)c2c(F)c(F)ccc2c1. The van der Waals surface area contributed by atoms with Gasteiger partial charge in [0.2, 0.25) is 5.88 Å². The molecule has 0 aliphatic carbocycles. The molecule has 0 spiro atoms. The van der Waals surface area contributed by atoms with Crippen LogP contribution >= 0.6 is 0 Å². The predicted molar refractivity (Wildman–Crippen MR) is 132 cm³/mol. The van der Waals surface area contributed by atoms with Crippen molar-refractivity contribution in [1.29, 1.82) is 0 Å². The van der Waals surface area contributed by atoms with Gasteiger partial charge >= 0.3 is 12.2 Å². The van der Waals surface area contributed by atoms with E-state index in [0.717, 1.165) is 30.8 Å². The molecule has 0 amide bonds. The maximum Gasteiger partial charge on any atom is 0.422 e. The Labute approximate surface area is 227 Å². The summed E-state index contributed by atoms with van der Waals surface area (Å²) in [6.45, 7) is -0.981. The monoisotopic (exact) mass is 582 g/mol. The van der Waals surface area contributed by atoms with E-state index in [4.69, 9.17) is 9.47 Å². The van der Waals surface area contributed by atoms with Crippen LogP contribution < -0.4 is 9.47 Å². The molecule has 2 fully saturated rings. The Kier molecular flexibility index (Phi) is 6.55. The van der Waals surface area contributed by atoms with E-state index in [0.29, 0.717) is 13.0 Å². The second-order valence-electron chi connectivity index (χ2n) is 10.2. The first-order valence-electron chi connectivity index (χ1n) is 12.6. The van der Waals surface area contributed by atoms with Gasteiger partial charge in [-0.3, -0.25) is 9.88 Å². The van der Waals surface area contributed by atoms with Crippen molar-refractivity contribution in [1.82, 2.24) is 19.9 Å². The van der Waals surface area contributed by atoms with Crippen LogP contribution in [-0.2, 0) is 0 Å². The fourth-order valence-electron chi connectivity index (χ4n) is 5.74. The van der Waals surface area contributed by atoms with Crippen LogP contribution in [0.1, 0.15) is 19.3 Å². The number of alkyl halides is 4. The van der Waals surface area contributed by atoms with Crippen LogP contribution in [0.25, 0.3) is 32.9 Å². The van der Waals surface area contributed by atoms with Crippen molar-refractivity contribution < 1.29 is 45.3 Å². The first kappa shape index (κ1) is 27.2. The number of phenolic OH excluding ortho intramolecular Hbond substituents is 1. The van der Waals surface area contributed by atoms with Gasteiger partial charge in [-0.15, -0.1) is 0 Å². The summed E-state index contributed by atoms with van der Waals surface area (Å²) in [4.78, 5) is 13.8. The van der Waals surface area contributed by atoms with E-state index < -0.39 is 70.8 Å². The zero-order valence-electron chi connectivity index (χ0n) is 21.1. The van der Waals surface area contributed by atoms with E-state index in [9.17, 15) is 31.4 Å². The molecule has 1 N–H and O–H groups in total. The number of benzene rings is 2. The number of fused-ring (bicyclic) bond motifs is 3. The summed E-state index contributed by atoms with van der Waals surface area (Å²) < 4.78 is 109. The topological polar surface area (TPSA) is 80.6 Å². The lowest BCUT2D eigenvalue weighted by molar-refractivity contribution is -0.153. The number of aromatic hydroxyl groups is 1. The van der Waals surface area contributed by atoms with Crippen LogP contribution in [0.5, 0.6) is 17.6 Å². The highest BCUT2D eigenvalue weighted by Crippen LogP contribution is 2.41. The zero-order valence-corrected chi connectivity index (χ0v) is 21.1. The number of ether oxygens (including phenoxy) is 2. The molecule has 7 nitrogen and oxygen atoms in total. The van der Waals surface area contributed by atoms with Gasteiger partial charge in [-0.25, -0.2) is 17.6 Å². The van der Waals surface area contributed by atoms with Gasteiger partial charge in [-0.05, 0) is 43.0 Å². The summed E-state index contributed by atoms with van der Waals surface area (Å²) in [7, 11) is 0. The van der Waals surface area contributed by atoms with E-state index in [1.54, 1.807) is 0 Å². The molecule has 2 aliphatic rings. The highest BCUT2D eigenvalue weighted by atomic mass is 19.4. The maximum atomic E-state index is 16.0. The Hall–Kier alpha value is -3.94. The standard InChI is InChI=1S/C27H21F7N4O3/c28-14-8-26(4-1-5-38(26)10-14)11-41-25-36-23-17(24(37-25)40-12-27(32,33)34)9-35-22(21(23)31)16-7-15(39)6-13-2-3-18(29)20(30)19(13)16/h2-3,6-7,9,14,39H,1,4-5,8,10-12H2/t14-,26+/m1/s1. The Morgan fingerprint density at radius 1 is 1.07 bits per heavy atom. The molecule has 2 atom stereocenters. The first-order chi connectivity index (χ1) is 19.4. The van der Waals surface area contributed by atoms with Gasteiger partial charge in [0.05, 0.1) is 10.9 Å². The van der Waals surface area contributed by atoms with Crippen LogP contribution in [0.2, 0.25) is 0 Å². The number of nitrogens with zero attached hydrogens (tertiary/aromatic N) is 4. The first-order valence-corrected chi connectivity index (χ1v) is 12.6. The Morgan fingerprint density at radius 3 is 2.66 bits per heavy atom. The van der Waals surface area contributed by atoms with Gasteiger partial charge in [0.25, 0.3) is 0 Å². The number of pyridine rings is 1. The molecule has 41 heavy (non-hydrogen) atoms. The van der Waals surface area contributed by atoms with Crippen molar-refractivity contribution in [2.45, 2.75) is 37.1 Å². The minimum Gasteiger partial charge on any atom is -0.508 e. The second kappa shape index (κ2) is 9.86. The number of hydrogen-bond acceptors (Lipinski definition) is 7.